The maximum atomic E-state index is 3.59. The summed E-state index contributed by atoms with van der Waals surface area (Å²) in [6.07, 6.45) is 6.23. The van der Waals surface area contributed by atoms with Crippen molar-refractivity contribution in [2.24, 2.45) is 0 Å². The van der Waals surface area contributed by atoms with E-state index in [2.05, 4.69) is 30.3 Å². The Bertz CT molecular complexity index is 162. The van der Waals surface area contributed by atoms with Gasteiger partial charge in [-0.3, -0.25) is 4.90 Å². The predicted octanol–water partition coefficient (Wildman–Crippen LogP) is 2.20. The highest BCUT2D eigenvalue weighted by Gasteiger charge is 2.23. The second kappa shape index (κ2) is 7.53. The summed E-state index contributed by atoms with van der Waals surface area (Å²) in [7, 11) is 0. The molecule has 0 aliphatic carbocycles. The van der Waals surface area contributed by atoms with Crippen molar-refractivity contribution in [1.29, 1.82) is 0 Å². The van der Waals surface area contributed by atoms with Gasteiger partial charge < -0.3 is 5.32 Å². The lowest BCUT2D eigenvalue weighted by Crippen LogP contribution is -2.50. The van der Waals surface area contributed by atoms with Gasteiger partial charge in [0.25, 0.3) is 0 Å². The van der Waals surface area contributed by atoms with Gasteiger partial charge in [-0.05, 0) is 38.6 Å². The van der Waals surface area contributed by atoms with Crippen LogP contribution < -0.4 is 5.32 Å². The third-order valence-corrected chi connectivity index (χ3v) is 4.01. The fourth-order valence-electron chi connectivity index (χ4n) is 2.47. The molecule has 1 heterocycles. The largest absolute Gasteiger partial charge is 0.313 e. The number of likely N-dealkylation sites (tertiary alicyclic amines) is 1. The van der Waals surface area contributed by atoms with Crippen molar-refractivity contribution < 1.29 is 0 Å². The number of likely N-dealkylation sites (N-methyl/N-ethyl adjacent to an activating group) is 1. The lowest BCUT2D eigenvalue weighted by Gasteiger charge is -2.38. The predicted molar refractivity (Wildman–Crippen MR) is 70.7 cm³/mol. The number of hydrogen-bond acceptors (Lipinski definition) is 3. The van der Waals surface area contributed by atoms with Crippen LogP contribution in [0.1, 0.15) is 33.1 Å². The Balaban J connectivity index is 2.39. The molecule has 0 aromatic rings. The van der Waals surface area contributed by atoms with Crippen molar-refractivity contribution in [3.05, 3.63) is 0 Å². The Kier molecular flexibility index (Phi) is 6.69. The second-order valence-corrected chi connectivity index (χ2v) is 5.32. The molecule has 0 spiro atoms. The summed E-state index contributed by atoms with van der Waals surface area (Å²) in [6, 6.07) is 1.53. The van der Waals surface area contributed by atoms with Gasteiger partial charge in [0.05, 0.1) is 0 Å². The van der Waals surface area contributed by atoms with E-state index in [0.29, 0.717) is 0 Å². The Morgan fingerprint density at radius 1 is 1.47 bits per heavy atom. The summed E-state index contributed by atoms with van der Waals surface area (Å²) in [6.45, 7) is 8.20. The minimum atomic E-state index is 0.736. The number of nitrogens with zero attached hydrogens (tertiary/aromatic N) is 1. The third-order valence-electron chi connectivity index (χ3n) is 3.29. The standard InChI is InChI=1S/C12H26N2S/c1-4-12(10-15-3)14-8-6-7-11(9-14)13-5-2/h11-13H,4-10H2,1-3H3. The SMILES string of the molecule is CCNC1CCCN(C(CC)CSC)C1. The van der Waals surface area contributed by atoms with Gasteiger partial charge in [0.15, 0.2) is 0 Å². The average Bonchev–Trinajstić information content (AvgIpc) is 2.27. The monoisotopic (exact) mass is 230 g/mol. The van der Waals surface area contributed by atoms with E-state index in [0.717, 1.165) is 18.6 Å². The summed E-state index contributed by atoms with van der Waals surface area (Å²) in [5.41, 5.74) is 0. The van der Waals surface area contributed by atoms with Crippen LogP contribution in [-0.2, 0) is 0 Å². The first-order valence-corrected chi connectivity index (χ1v) is 7.67. The van der Waals surface area contributed by atoms with Crippen molar-refractivity contribution in [3.63, 3.8) is 0 Å². The van der Waals surface area contributed by atoms with Crippen LogP contribution in [0.4, 0.5) is 0 Å². The van der Waals surface area contributed by atoms with E-state index in [4.69, 9.17) is 0 Å². The lowest BCUT2D eigenvalue weighted by molar-refractivity contribution is 0.146. The van der Waals surface area contributed by atoms with Crippen LogP contribution >= 0.6 is 11.8 Å². The molecule has 0 bridgehead atoms. The van der Waals surface area contributed by atoms with Crippen LogP contribution in [-0.4, -0.2) is 48.6 Å². The summed E-state index contributed by atoms with van der Waals surface area (Å²) in [5.74, 6) is 1.29. The number of hydrogen-bond donors (Lipinski definition) is 1. The molecule has 1 fully saturated rings. The van der Waals surface area contributed by atoms with Crippen LogP contribution in [0.5, 0.6) is 0 Å². The van der Waals surface area contributed by atoms with Crippen LogP contribution in [0, 0.1) is 0 Å². The van der Waals surface area contributed by atoms with Gasteiger partial charge in [-0.25, -0.2) is 0 Å². The Labute approximate surface area is 99.2 Å². The molecule has 0 saturated carbocycles. The van der Waals surface area contributed by atoms with E-state index in [1.807, 2.05) is 11.8 Å². The zero-order chi connectivity index (χ0) is 11.1. The van der Waals surface area contributed by atoms with E-state index >= 15 is 0 Å². The van der Waals surface area contributed by atoms with E-state index in [1.54, 1.807) is 0 Å². The Morgan fingerprint density at radius 2 is 2.27 bits per heavy atom. The fourth-order valence-corrected chi connectivity index (χ4v) is 3.30. The van der Waals surface area contributed by atoms with E-state index in [1.165, 1.54) is 38.1 Å². The molecule has 0 amide bonds. The van der Waals surface area contributed by atoms with Gasteiger partial charge >= 0.3 is 0 Å². The number of thioether (sulfide) groups is 1. The smallest absolute Gasteiger partial charge is 0.0195 e. The fraction of sp³-hybridized carbons (Fsp3) is 1.00. The van der Waals surface area contributed by atoms with Crippen LogP contribution in [0.2, 0.25) is 0 Å². The lowest BCUT2D eigenvalue weighted by atomic mass is 10.0. The molecule has 2 unspecified atom stereocenters. The van der Waals surface area contributed by atoms with Gasteiger partial charge in [-0.1, -0.05) is 13.8 Å². The summed E-state index contributed by atoms with van der Waals surface area (Å²) < 4.78 is 0. The summed E-state index contributed by atoms with van der Waals surface area (Å²) in [4.78, 5) is 2.69. The first-order chi connectivity index (χ1) is 7.31. The molecule has 0 aromatic carbocycles. The molecule has 1 saturated heterocycles. The Morgan fingerprint density at radius 3 is 2.87 bits per heavy atom. The first kappa shape index (κ1) is 13.3. The molecule has 0 radical (unpaired) electrons. The highest BCUT2D eigenvalue weighted by atomic mass is 32.2. The van der Waals surface area contributed by atoms with Crippen molar-refractivity contribution >= 4 is 11.8 Å². The van der Waals surface area contributed by atoms with Crippen LogP contribution in [0.3, 0.4) is 0 Å². The minimum Gasteiger partial charge on any atom is -0.313 e. The molecule has 3 heteroatoms. The van der Waals surface area contributed by atoms with Gasteiger partial charge in [-0.2, -0.15) is 11.8 Å². The van der Waals surface area contributed by atoms with Gasteiger partial charge in [0, 0.05) is 24.4 Å². The number of piperidine rings is 1. The molecular formula is C12H26N2S. The van der Waals surface area contributed by atoms with Crippen molar-refractivity contribution in [3.8, 4) is 0 Å². The molecule has 1 rings (SSSR count). The molecule has 2 atom stereocenters. The van der Waals surface area contributed by atoms with E-state index in [9.17, 15) is 0 Å². The van der Waals surface area contributed by atoms with Gasteiger partial charge in [0.2, 0.25) is 0 Å². The third kappa shape index (κ3) is 4.33. The summed E-state index contributed by atoms with van der Waals surface area (Å²) in [5, 5.41) is 3.59. The summed E-state index contributed by atoms with van der Waals surface area (Å²) >= 11 is 1.98. The van der Waals surface area contributed by atoms with Crippen LogP contribution in [0.25, 0.3) is 0 Å². The zero-order valence-corrected chi connectivity index (χ0v) is 11.3. The highest BCUT2D eigenvalue weighted by molar-refractivity contribution is 7.98. The maximum Gasteiger partial charge on any atom is 0.0195 e. The first-order valence-electron chi connectivity index (χ1n) is 6.28. The van der Waals surface area contributed by atoms with E-state index < -0.39 is 0 Å². The molecule has 15 heavy (non-hydrogen) atoms. The Hall–Kier alpha value is 0.270. The highest BCUT2D eigenvalue weighted by Crippen LogP contribution is 2.17. The molecular weight excluding hydrogens is 204 g/mol. The van der Waals surface area contributed by atoms with Gasteiger partial charge in [-0.15, -0.1) is 0 Å². The molecule has 1 aliphatic heterocycles. The molecule has 90 valence electrons. The molecule has 1 aliphatic rings. The minimum absolute atomic E-state index is 0.736. The van der Waals surface area contributed by atoms with E-state index in [-0.39, 0.29) is 0 Å². The van der Waals surface area contributed by atoms with Crippen molar-refractivity contribution in [1.82, 2.24) is 10.2 Å². The zero-order valence-electron chi connectivity index (χ0n) is 10.5. The quantitative estimate of drug-likeness (QED) is 0.753. The second-order valence-electron chi connectivity index (χ2n) is 4.41. The topological polar surface area (TPSA) is 15.3 Å². The molecule has 1 N–H and O–H groups in total. The normalized spacial score (nSPS) is 25.4. The van der Waals surface area contributed by atoms with Crippen LogP contribution in [0.15, 0.2) is 0 Å². The maximum absolute atomic E-state index is 3.59. The number of nitrogens with one attached hydrogen (secondary N) is 1. The van der Waals surface area contributed by atoms with Crippen molar-refractivity contribution in [2.75, 3.05) is 31.6 Å². The van der Waals surface area contributed by atoms with Crippen molar-refractivity contribution in [2.45, 2.75) is 45.2 Å². The number of rotatable bonds is 6. The molecule has 0 aromatic heterocycles. The molecule has 2 nitrogen and oxygen atoms in total. The van der Waals surface area contributed by atoms with Gasteiger partial charge in [0.1, 0.15) is 0 Å². The average molecular weight is 230 g/mol.